The molecule has 1 atom stereocenters. The van der Waals surface area contributed by atoms with Gasteiger partial charge in [0.15, 0.2) is 5.65 Å². The van der Waals surface area contributed by atoms with Gasteiger partial charge >= 0.3 is 0 Å². The molecule has 33 heavy (non-hydrogen) atoms. The van der Waals surface area contributed by atoms with Gasteiger partial charge in [0.25, 0.3) is 0 Å². The summed E-state index contributed by atoms with van der Waals surface area (Å²) in [6, 6.07) is 14.0. The van der Waals surface area contributed by atoms with Crippen molar-refractivity contribution in [2.45, 2.75) is 44.6 Å². The third-order valence-corrected chi connectivity index (χ3v) is 7.16. The number of carbonyl (C=O) groups is 1. The van der Waals surface area contributed by atoms with E-state index >= 15 is 0 Å². The summed E-state index contributed by atoms with van der Waals surface area (Å²) in [5.41, 5.74) is 5.26. The number of fused-ring (bicyclic) bond motifs is 3. The fourth-order valence-corrected chi connectivity index (χ4v) is 4.71. The van der Waals surface area contributed by atoms with E-state index in [-0.39, 0.29) is 16.8 Å². The standard InChI is InChI=1S/C24H27N5O3S/c1-15-20(17(3)29-24(26-15)21-10-5-6-11-22(21)27-29)12-13-23(30)28(4)16(2)18-8-7-9-19(14-18)33(25,31)32/h5-11,14,16H,12-13H2,1-4H3,(H2,25,31,32). The van der Waals surface area contributed by atoms with Crippen LogP contribution in [0.25, 0.3) is 16.6 Å². The zero-order chi connectivity index (χ0) is 23.9. The van der Waals surface area contributed by atoms with Crippen molar-refractivity contribution in [2.75, 3.05) is 7.05 Å². The van der Waals surface area contributed by atoms with Gasteiger partial charge < -0.3 is 4.90 Å². The molecule has 4 rings (SSSR count). The van der Waals surface area contributed by atoms with Crippen LogP contribution in [0.4, 0.5) is 0 Å². The van der Waals surface area contributed by atoms with E-state index in [2.05, 4.69) is 5.10 Å². The number of nitrogens with two attached hydrogens (primary N) is 1. The van der Waals surface area contributed by atoms with Gasteiger partial charge in [0, 0.05) is 30.2 Å². The number of sulfonamides is 1. The number of carbonyl (C=O) groups excluding carboxylic acids is 1. The zero-order valence-electron chi connectivity index (χ0n) is 19.1. The number of hydrogen-bond acceptors (Lipinski definition) is 5. The molecule has 2 aromatic heterocycles. The number of aryl methyl sites for hydroxylation is 2. The van der Waals surface area contributed by atoms with Gasteiger partial charge in [0.2, 0.25) is 15.9 Å². The Morgan fingerprint density at radius 3 is 2.61 bits per heavy atom. The largest absolute Gasteiger partial charge is 0.339 e. The van der Waals surface area contributed by atoms with Crippen molar-refractivity contribution in [1.29, 1.82) is 0 Å². The Bertz CT molecular complexity index is 1480. The molecular weight excluding hydrogens is 438 g/mol. The number of nitrogens with zero attached hydrogens (tertiary/aromatic N) is 4. The second kappa shape index (κ2) is 8.57. The van der Waals surface area contributed by atoms with Crippen molar-refractivity contribution in [3.05, 3.63) is 71.0 Å². The Kier molecular flexibility index (Phi) is 5.94. The summed E-state index contributed by atoms with van der Waals surface area (Å²) >= 11 is 0. The number of amides is 1. The lowest BCUT2D eigenvalue weighted by Crippen LogP contribution is -2.30. The van der Waals surface area contributed by atoms with E-state index in [1.54, 1.807) is 24.1 Å². The molecule has 0 radical (unpaired) electrons. The molecule has 1 unspecified atom stereocenters. The van der Waals surface area contributed by atoms with E-state index in [0.29, 0.717) is 18.4 Å². The summed E-state index contributed by atoms with van der Waals surface area (Å²) < 4.78 is 25.2. The lowest BCUT2D eigenvalue weighted by atomic mass is 10.0. The summed E-state index contributed by atoms with van der Waals surface area (Å²) in [4.78, 5) is 19.4. The molecule has 0 saturated heterocycles. The monoisotopic (exact) mass is 465 g/mol. The van der Waals surface area contributed by atoms with Gasteiger partial charge in [-0.15, -0.1) is 0 Å². The summed E-state index contributed by atoms with van der Waals surface area (Å²) in [6.07, 6.45) is 0.829. The highest BCUT2D eigenvalue weighted by atomic mass is 32.2. The van der Waals surface area contributed by atoms with Crippen LogP contribution in [0, 0.1) is 13.8 Å². The Morgan fingerprint density at radius 1 is 1.15 bits per heavy atom. The smallest absolute Gasteiger partial charge is 0.238 e. The highest BCUT2D eigenvalue weighted by molar-refractivity contribution is 7.89. The van der Waals surface area contributed by atoms with Gasteiger partial charge in [-0.2, -0.15) is 5.10 Å². The molecule has 1 amide bonds. The maximum absolute atomic E-state index is 13.0. The van der Waals surface area contributed by atoms with Crippen molar-refractivity contribution < 1.29 is 13.2 Å². The Balaban J connectivity index is 1.54. The van der Waals surface area contributed by atoms with E-state index in [0.717, 1.165) is 33.5 Å². The minimum atomic E-state index is -3.81. The minimum absolute atomic E-state index is 0.0323. The van der Waals surface area contributed by atoms with Gasteiger partial charge in [0.1, 0.15) is 0 Å². The van der Waals surface area contributed by atoms with Crippen molar-refractivity contribution in [3.63, 3.8) is 0 Å². The topological polar surface area (TPSA) is 111 Å². The van der Waals surface area contributed by atoms with Crippen LogP contribution in [0.15, 0.2) is 53.4 Å². The van der Waals surface area contributed by atoms with Crippen LogP contribution in [0.5, 0.6) is 0 Å². The molecule has 0 aliphatic heterocycles. The van der Waals surface area contributed by atoms with E-state index in [9.17, 15) is 13.2 Å². The number of aromatic nitrogens is 3. The molecule has 4 aromatic rings. The summed E-state index contributed by atoms with van der Waals surface area (Å²) in [5, 5.41) is 10.9. The minimum Gasteiger partial charge on any atom is -0.339 e. The maximum atomic E-state index is 13.0. The average molecular weight is 466 g/mol. The van der Waals surface area contributed by atoms with Crippen molar-refractivity contribution in [1.82, 2.24) is 19.5 Å². The van der Waals surface area contributed by atoms with Crippen LogP contribution in [-0.2, 0) is 21.2 Å². The maximum Gasteiger partial charge on any atom is 0.238 e. The lowest BCUT2D eigenvalue weighted by Gasteiger charge is -2.26. The summed E-state index contributed by atoms with van der Waals surface area (Å²) in [5.74, 6) is -0.0481. The summed E-state index contributed by atoms with van der Waals surface area (Å²) in [7, 11) is -2.09. The third-order valence-electron chi connectivity index (χ3n) is 6.25. The van der Waals surface area contributed by atoms with Crippen LogP contribution in [0.1, 0.15) is 41.9 Å². The molecule has 0 fully saturated rings. The number of primary sulfonamides is 1. The highest BCUT2D eigenvalue weighted by Crippen LogP contribution is 2.25. The predicted octanol–water partition coefficient (Wildman–Crippen LogP) is 3.30. The van der Waals surface area contributed by atoms with Gasteiger partial charge in [0.05, 0.1) is 16.5 Å². The van der Waals surface area contributed by atoms with Gasteiger partial charge in [-0.3, -0.25) is 4.79 Å². The molecule has 172 valence electrons. The Morgan fingerprint density at radius 2 is 1.88 bits per heavy atom. The first kappa shape index (κ1) is 22.9. The van der Waals surface area contributed by atoms with E-state index in [4.69, 9.17) is 10.1 Å². The third kappa shape index (κ3) is 4.34. The molecule has 0 spiro atoms. The lowest BCUT2D eigenvalue weighted by molar-refractivity contribution is -0.131. The molecule has 0 aliphatic carbocycles. The van der Waals surface area contributed by atoms with E-state index < -0.39 is 10.0 Å². The van der Waals surface area contributed by atoms with Crippen LogP contribution < -0.4 is 5.14 Å². The SMILES string of the molecule is Cc1nc2c3ccccc3nn2c(C)c1CCC(=O)N(C)C(C)c1cccc(S(N)(=O)=O)c1. The molecule has 8 nitrogen and oxygen atoms in total. The van der Waals surface area contributed by atoms with Crippen LogP contribution in [-0.4, -0.2) is 40.9 Å². The van der Waals surface area contributed by atoms with Crippen molar-refractivity contribution >= 4 is 32.5 Å². The predicted molar refractivity (Wildman–Crippen MR) is 127 cm³/mol. The highest BCUT2D eigenvalue weighted by Gasteiger charge is 2.21. The second-order valence-electron chi connectivity index (χ2n) is 8.31. The molecule has 2 N–H and O–H groups in total. The van der Waals surface area contributed by atoms with E-state index in [1.807, 2.05) is 49.6 Å². The Hall–Kier alpha value is -3.30. The molecular formula is C24H27N5O3S. The molecule has 0 bridgehead atoms. The van der Waals surface area contributed by atoms with Crippen molar-refractivity contribution in [3.8, 4) is 0 Å². The van der Waals surface area contributed by atoms with Gasteiger partial charge in [-0.25, -0.2) is 23.1 Å². The van der Waals surface area contributed by atoms with Crippen LogP contribution in [0.2, 0.25) is 0 Å². The number of hydrogen-bond donors (Lipinski definition) is 1. The van der Waals surface area contributed by atoms with Crippen LogP contribution in [0.3, 0.4) is 0 Å². The second-order valence-corrected chi connectivity index (χ2v) is 9.87. The van der Waals surface area contributed by atoms with Crippen molar-refractivity contribution in [2.24, 2.45) is 5.14 Å². The zero-order valence-corrected chi connectivity index (χ0v) is 19.9. The molecule has 0 aliphatic rings. The average Bonchev–Trinajstić information content (AvgIpc) is 3.16. The number of rotatable bonds is 6. The fraction of sp³-hybridized carbons (Fsp3) is 0.292. The summed E-state index contributed by atoms with van der Waals surface area (Å²) in [6.45, 7) is 5.82. The first-order chi connectivity index (χ1) is 15.6. The first-order valence-electron chi connectivity index (χ1n) is 10.7. The molecule has 2 aromatic carbocycles. The molecule has 0 saturated carbocycles. The fourth-order valence-electron chi connectivity index (χ4n) is 4.14. The normalized spacial score (nSPS) is 12.9. The van der Waals surface area contributed by atoms with Gasteiger partial charge in [-0.1, -0.05) is 24.3 Å². The molecule has 2 heterocycles. The quantitative estimate of drug-likeness (QED) is 0.470. The molecule has 9 heteroatoms. The van der Waals surface area contributed by atoms with E-state index in [1.165, 1.54) is 12.1 Å². The first-order valence-corrected chi connectivity index (χ1v) is 12.2. The van der Waals surface area contributed by atoms with Crippen LogP contribution >= 0.6 is 0 Å². The van der Waals surface area contributed by atoms with Gasteiger partial charge in [-0.05, 0) is 62.6 Å². The number of benzene rings is 2. The Labute approximate surface area is 193 Å².